The highest BCUT2D eigenvalue weighted by atomic mass is 19.1. The minimum absolute atomic E-state index is 0.0231. The number of para-hydroxylation sites is 1. The Morgan fingerprint density at radius 1 is 1.45 bits per heavy atom. The van der Waals surface area contributed by atoms with Gasteiger partial charge < -0.3 is 9.42 Å². The SMILES string of the molecule is N#CB(F)c1ccccc1O. The molecule has 0 aliphatic heterocycles. The van der Waals surface area contributed by atoms with Crippen molar-refractivity contribution in [2.45, 2.75) is 0 Å². The number of phenols is 1. The third-order valence-corrected chi connectivity index (χ3v) is 1.32. The van der Waals surface area contributed by atoms with E-state index in [0.717, 1.165) is 0 Å². The van der Waals surface area contributed by atoms with E-state index < -0.39 is 6.99 Å². The molecule has 0 bridgehead atoms. The van der Waals surface area contributed by atoms with E-state index in [4.69, 9.17) is 10.4 Å². The molecule has 0 spiro atoms. The summed E-state index contributed by atoms with van der Waals surface area (Å²) in [4.78, 5) is 0. The molecule has 0 saturated carbocycles. The molecule has 0 aliphatic rings. The Morgan fingerprint density at radius 2 is 2.09 bits per heavy atom. The van der Waals surface area contributed by atoms with Crippen molar-refractivity contribution in [2.75, 3.05) is 0 Å². The molecule has 54 valence electrons. The second kappa shape index (κ2) is 3.06. The first-order valence-electron chi connectivity index (χ1n) is 3.07. The Hall–Kier alpha value is -1.50. The van der Waals surface area contributed by atoms with Crippen molar-refractivity contribution in [3.05, 3.63) is 24.3 Å². The second-order valence-corrected chi connectivity index (χ2v) is 2.05. The first-order valence-corrected chi connectivity index (χ1v) is 3.07. The van der Waals surface area contributed by atoms with Crippen LogP contribution in [0.4, 0.5) is 4.32 Å². The van der Waals surface area contributed by atoms with E-state index in [2.05, 4.69) is 0 Å². The number of benzene rings is 1. The molecule has 0 radical (unpaired) electrons. The van der Waals surface area contributed by atoms with Gasteiger partial charge in [0.15, 0.2) is 0 Å². The molecule has 0 saturated heterocycles. The number of aromatic hydroxyl groups is 1. The van der Waals surface area contributed by atoms with Gasteiger partial charge in [-0.15, -0.1) is 0 Å². The predicted molar refractivity (Wildman–Crippen MR) is 40.2 cm³/mol. The second-order valence-electron chi connectivity index (χ2n) is 2.05. The summed E-state index contributed by atoms with van der Waals surface area (Å²) in [5.41, 5.74) is 0.0231. The minimum atomic E-state index is -1.74. The molecule has 11 heavy (non-hydrogen) atoms. The lowest BCUT2D eigenvalue weighted by Crippen LogP contribution is -2.23. The highest BCUT2D eigenvalue weighted by Crippen LogP contribution is 2.04. The van der Waals surface area contributed by atoms with Crippen molar-refractivity contribution in [3.63, 3.8) is 0 Å². The van der Waals surface area contributed by atoms with Crippen molar-refractivity contribution < 1.29 is 9.42 Å². The Morgan fingerprint density at radius 3 is 2.64 bits per heavy atom. The summed E-state index contributed by atoms with van der Waals surface area (Å²) in [5.74, 6) is 1.22. The molecule has 0 atom stereocenters. The molecule has 1 rings (SSSR count). The van der Waals surface area contributed by atoms with Crippen LogP contribution in [0.2, 0.25) is 0 Å². The highest BCUT2D eigenvalue weighted by Gasteiger charge is 2.18. The van der Waals surface area contributed by atoms with Crippen LogP contribution >= 0.6 is 0 Å². The molecular weight excluding hydrogens is 144 g/mol. The third kappa shape index (κ3) is 1.50. The van der Waals surface area contributed by atoms with Crippen LogP contribution in [-0.4, -0.2) is 12.1 Å². The van der Waals surface area contributed by atoms with E-state index in [1.165, 1.54) is 18.1 Å². The maximum atomic E-state index is 12.6. The van der Waals surface area contributed by atoms with E-state index >= 15 is 0 Å². The Balaban J connectivity index is 3.05. The third-order valence-electron chi connectivity index (χ3n) is 1.32. The first kappa shape index (κ1) is 7.61. The van der Waals surface area contributed by atoms with Crippen LogP contribution in [0, 0.1) is 11.2 Å². The molecule has 0 aromatic heterocycles. The Bertz CT molecular complexity index is 297. The number of phenolic OH excluding ortho intramolecular Hbond substituents is 1. The molecule has 1 N–H and O–H groups in total. The summed E-state index contributed by atoms with van der Waals surface area (Å²) < 4.78 is 12.6. The number of nitriles is 1. The lowest BCUT2D eigenvalue weighted by atomic mass is 9.66. The quantitative estimate of drug-likeness (QED) is 0.594. The van der Waals surface area contributed by atoms with Gasteiger partial charge in [0.05, 0.1) is 5.97 Å². The summed E-state index contributed by atoms with van der Waals surface area (Å²) in [7, 11) is 0. The zero-order valence-corrected chi connectivity index (χ0v) is 5.66. The smallest absolute Gasteiger partial charge is 0.496 e. The van der Waals surface area contributed by atoms with E-state index in [1.807, 2.05) is 0 Å². The van der Waals surface area contributed by atoms with Gasteiger partial charge in [-0.05, 0) is 6.07 Å². The number of halogens is 1. The van der Waals surface area contributed by atoms with Crippen LogP contribution in [0.15, 0.2) is 24.3 Å². The molecule has 2 nitrogen and oxygen atoms in total. The summed E-state index contributed by atoms with van der Waals surface area (Å²) >= 11 is 0. The normalized spacial score (nSPS) is 8.73. The van der Waals surface area contributed by atoms with Crippen LogP contribution in [0.25, 0.3) is 0 Å². The largest absolute Gasteiger partial charge is 0.508 e. The van der Waals surface area contributed by atoms with E-state index in [-0.39, 0.29) is 11.2 Å². The van der Waals surface area contributed by atoms with Gasteiger partial charge in [-0.3, -0.25) is 0 Å². The molecule has 0 aliphatic carbocycles. The molecule has 1 aromatic rings. The molecule has 0 heterocycles. The number of hydrogen-bond acceptors (Lipinski definition) is 2. The summed E-state index contributed by atoms with van der Waals surface area (Å²) in [6.07, 6.45) is 0. The summed E-state index contributed by atoms with van der Waals surface area (Å²) in [6.45, 7) is -1.74. The Labute approximate surface area is 64.0 Å². The van der Waals surface area contributed by atoms with Gasteiger partial charge in [-0.1, -0.05) is 18.2 Å². The fourth-order valence-electron chi connectivity index (χ4n) is 0.771. The van der Waals surface area contributed by atoms with Crippen LogP contribution in [0.1, 0.15) is 0 Å². The average Bonchev–Trinajstić information content (AvgIpc) is 2.04. The molecule has 1 aromatic carbocycles. The number of hydrogen-bond donors (Lipinski definition) is 1. The standard InChI is InChI=1S/C7H5BFNO/c9-8(5-10)6-3-1-2-4-7(6)11/h1-4,11H. The minimum Gasteiger partial charge on any atom is -0.508 e. The van der Waals surface area contributed by atoms with Crippen LogP contribution in [0.3, 0.4) is 0 Å². The highest BCUT2D eigenvalue weighted by molar-refractivity contribution is 6.74. The zero-order chi connectivity index (χ0) is 8.27. The van der Waals surface area contributed by atoms with E-state index in [1.54, 1.807) is 12.1 Å². The van der Waals surface area contributed by atoms with E-state index in [0.29, 0.717) is 0 Å². The molecular formula is C7H5BFNO. The van der Waals surface area contributed by atoms with Gasteiger partial charge >= 0.3 is 6.99 Å². The number of rotatable bonds is 1. The fourth-order valence-corrected chi connectivity index (χ4v) is 0.771. The van der Waals surface area contributed by atoms with Crippen molar-refractivity contribution in [1.82, 2.24) is 0 Å². The topological polar surface area (TPSA) is 44.0 Å². The van der Waals surface area contributed by atoms with Crippen molar-refractivity contribution in [3.8, 4) is 11.7 Å². The maximum Gasteiger partial charge on any atom is 0.496 e. The number of nitrogens with zero attached hydrogens (tertiary/aromatic N) is 1. The van der Waals surface area contributed by atoms with Gasteiger partial charge in [0, 0.05) is 5.46 Å². The Kier molecular flexibility index (Phi) is 2.12. The molecule has 0 unspecified atom stereocenters. The van der Waals surface area contributed by atoms with Crippen molar-refractivity contribution >= 4 is 12.5 Å². The van der Waals surface area contributed by atoms with Crippen LogP contribution in [0.5, 0.6) is 5.75 Å². The molecule has 0 fully saturated rings. The fraction of sp³-hybridized carbons (Fsp3) is 0. The van der Waals surface area contributed by atoms with Gasteiger partial charge in [-0.25, -0.2) is 5.26 Å². The van der Waals surface area contributed by atoms with Crippen LogP contribution < -0.4 is 5.46 Å². The summed E-state index contributed by atoms with van der Waals surface area (Å²) in [5, 5.41) is 17.2. The van der Waals surface area contributed by atoms with Gasteiger partial charge in [-0.2, -0.15) is 0 Å². The molecule has 4 heteroatoms. The average molecular weight is 149 g/mol. The lowest BCUT2D eigenvalue weighted by molar-refractivity contribution is 0.479. The van der Waals surface area contributed by atoms with Gasteiger partial charge in [0.25, 0.3) is 0 Å². The van der Waals surface area contributed by atoms with Crippen molar-refractivity contribution in [2.24, 2.45) is 0 Å². The van der Waals surface area contributed by atoms with Crippen LogP contribution in [-0.2, 0) is 0 Å². The maximum absolute atomic E-state index is 12.6. The first-order chi connectivity index (χ1) is 5.25. The predicted octanol–water partition coefficient (Wildman–Crippen LogP) is 0.623. The van der Waals surface area contributed by atoms with Crippen molar-refractivity contribution in [1.29, 1.82) is 5.26 Å². The monoisotopic (exact) mass is 149 g/mol. The van der Waals surface area contributed by atoms with Gasteiger partial charge in [0.1, 0.15) is 5.75 Å². The lowest BCUT2D eigenvalue weighted by Gasteiger charge is -1.97. The molecule has 0 amide bonds. The van der Waals surface area contributed by atoms with E-state index in [9.17, 15) is 4.32 Å². The zero-order valence-electron chi connectivity index (χ0n) is 5.66. The van der Waals surface area contributed by atoms with Gasteiger partial charge in [0.2, 0.25) is 0 Å². The summed E-state index contributed by atoms with van der Waals surface area (Å²) in [6, 6.07) is 5.87.